The molecule has 1 unspecified atom stereocenters. The summed E-state index contributed by atoms with van der Waals surface area (Å²) in [4.78, 5) is 0. The van der Waals surface area contributed by atoms with Crippen LogP contribution >= 0.6 is 34.2 Å². The largest absolute Gasteiger partial charge is 0.310 e. The lowest BCUT2D eigenvalue weighted by atomic mass is 9.98. The Morgan fingerprint density at radius 2 is 2.21 bits per heavy atom. The third kappa shape index (κ3) is 2.23. The first-order chi connectivity index (χ1) is 6.79. The minimum atomic E-state index is 0.509. The maximum absolute atomic E-state index is 6.10. The van der Waals surface area contributed by atoms with E-state index in [1.54, 1.807) is 0 Å². The van der Waals surface area contributed by atoms with E-state index in [2.05, 4.69) is 34.0 Å². The maximum atomic E-state index is 6.10. The van der Waals surface area contributed by atoms with Gasteiger partial charge in [0.05, 0.1) is 5.02 Å². The van der Waals surface area contributed by atoms with Gasteiger partial charge in [0.15, 0.2) is 0 Å². The van der Waals surface area contributed by atoms with Gasteiger partial charge >= 0.3 is 0 Å². The van der Waals surface area contributed by atoms with Crippen molar-refractivity contribution in [1.82, 2.24) is 5.32 Å². The molecule has 14 heavy (non-hydrogen) atoms. The summed E-state index contributed by atoms with van der Waals surface area (Å²) in [7, 11) is 0. The third-order valence-corrected chi connectivity index (χ3v) is 4.50. The van der Waals surface area contributed by atoms with Gasteiger partial charge in [-0.15, -0.1) is 0 Å². The van der Waals surface area contributed by atoms with Crippen molar-refractivity contribution in [3.63, 3.8) is 0 Å². The molecule has 0 radical (unpaired) electrons. The summed E-state index contributed by atoms with van der Waals surface area (Å²) in [6, 6.07) is 6.68. The van der Waals surface area contributed by atoms with E-state index in [1.165, 1.54) is 28.4 Å². The van der Waals surface area contributed by atoms with Gasteiger partial charge in [-0.2, -0.15) is 0 Å². The number of piperidine rings is 1. The number of hydrogen-bond acceptors (Lipinski definition) is 1. The summed E-state index contributed by atoms with van der Waals surface area (Å²) < 4.78 is 1.20. The third-order valence-electron chi connectivity index (χ3n) is 2.67. The molecule has 1 aromatic carbocycles. The van der Waals surface area contributed by atoms with E-state index >= 15 is 0 Å². The van der Waals surface area contributed by atoms with E-state index < -0.39 is 0 Å². The molecule has 0 aliphatic carbocycles. The number of halogens is 2. The average molecular weight is 322 g/mol. The highest BCUT2D eigenvalue weighted by molar-refractivity contribution is 14.1. The highest BCUT2D eigenvalue weighted by Crippen LogP contribution is 2.30. The van der Waals surface area contributed by atoms with Crippen molar-refractivity contribution in [1.29, 1.82) is 0 Å². The zero-order chi connectivity index (χ0) is 9.97. The van der Waals surface area contributed by atoms with Gasteiger partial charge in [-0.05, 0) is 53.6 Å². The van der Waals surface area contributed by atoms with Crippen LogP contribution < -0.4 is 5.32 Å². The first kappa shape index (κ1) is 10.7. The lowest BCUT2D eigenvalue weighted by Gasteiger charge is -2.25. The Morgan fingerprint density at radius 3 is 2.93 bits per heavy atom. The van der Waals surface area contributed by atoms with Gasteiger partial charge in [-0.3, -0.25) is 0 Å². The lowest BCUT2D eigenvalue weighted by molar-refractivity contribution is 0.411. The van der Waals surface area contributed by atoms with Gasteiger partial charge in [0.25, 0.3) is 0 Å². The van der Waals surface area contributed by atoms with Gasteiger partial charge in [0, 0.05) is 9.61 Å². The topological polar surface area (TPSA) is 12.0 Å². The molecule has 1 nitrogen and oxygen atoms in total. The first-order valence-electron chi connectivity index (χ1n) is 4.96. The lowest BCUT2D eigenvalue weighted by Crippen LogP contribution is -2.27. The Labute approximate surface area is 103 Å². The van der Waals surface area contributed by atoms with Crippen molar-refractivity contribution < 1.29 is 0 Å². The van der Waals surface area contributed by atoms with Crippen molar-refractivity contribution in [3.8, 4) is 0 Å². The van der Waals surface area contributed by atoms with Gasteiger partial charge in [-0.1, -0.05) is 30.2 Å². The van der Waals surface area contributed by atoms with Crippen LogP contribution in [0, 0.1) is 3.57 Å². The molecule has 0 aromatic heterocycles. The van der Waals surface area contributed by atoms with Crippen LogP contribution in [0.4, 0.5) is 0 Å². The van der Waals surface area contributed by atoms with Crippen LogP contribution in [-0.4, -0.2) is 6.54 Å². The molecular weight excluding hydrogens is 308 g/mol. The van der Waals surface area contributed by atoms with Gasteiger partial charge < -0.3 is 5.32 Å². The summed E-state index contributed by atoms with van der Waals surface area (Å²) in [5.74, 6) is 0. The maximum Gasteiger partial charge on any atom is 0.0542 e. The SMILES string of the molecule is Clc1cccc(C2CCCCN2)c1I. The predicted octanol–water partition coefficient (Wildman–Crippen LogP) is 3.76. The minimum absolute atomic E-state index is 0.509. The zero-order valence-corrected chi connectivity index (χ0v) is 10.8. The van der Waals surface area contributed by atoms with Crippen molar-refractivity contribution >= 4 is 34.2 Å². The van der Waals surface area contributed by atoms with Crippen molar-refractivity contribution in [2.24, 2.45) is 0 Å². The molecule has 1 saturated heterocycles. The molecule has 1 N–H and O–H groups in total. The Morgan fingerprint density at radius 1 is 1.36 bits per heavy atom. The molecule has 1 atom stereocenters. The molecule has 1 aromatic rings. The van der Waals surface area contributed by atoms with E-state index in [1.807, 2.05) is 12.1 Å². The van der Waals surface area contributed by atoms with Crippen LogP contribution in [0.25, 0.3) is 0 Å². The van der Waals surface area contributed by atoms with E-state index in [9.17, 15) is 0 Å². The van der Waals surface area contributed by atoms with Crippen molar-refractivity contribution in [3.05, 3.63) is 32.4 Å². The standard InChI is InChI=1S/C11H13ClIN/c12-9-5-3-4-8(11(9)13)10-6-1-2-7-14-10/h3-5,10,14H,1-2,6-7H2. The summed E-state index contributed by atoms with van der Waals surface area (Å²) in [5.41, 5.74) is 1.36. The zero-order valence-electron chi connectivity index (χ0n) is 7.89. The Hall–Kier alpha value is 0.200. The number of benzene rings is 1. The highest BCUT2D eigenvalue weighted by atomic mass is 127. The van der Waals surface area contributed by atoms with Gasteiger partial charge in [0.2, 0.25) is 0 Å². The van der Waals surface area contributed by atoms with Crippen LogP contribution in [0.1, 0.15) is 30.9 Å². The molecule has 1 aliphatic rings. The quantitative estimate of drug-likeness (QED) is 0.777. The predicted molar refractivity (Wildman–Crippen MR) is 68.8 cm³/mol. The van der Waals surface area contributed by atoms with Crippen LogP contribution in [0.5, 0.6) is 0 Å². The highest BCUT2D eigenvalue weighted by Gasteiger charge is 2.17. The summed E-state index contributed by atoms with van der Waals surface area (Å²) >= 11 is 8.43. The molecule has 0 spiro atoms. The molecule has 0 bridgehead atoms. The molecule has 0 amide bonds. The smallest absolute Gasteiger partial charge is 0.0542 e. The van der Waals surface area contributed by atoms with Gasteiger partial charge in [-0.25, -0.2) is 0 Å². The fraction of sp³-hybridized carbons (Fsp3) is 0.455. The first-order valence-corrected chi connectivity index (χ1v) is 6.42. The van der Waals surface area contributed by atoms with E-state index in [0.717, 1.165) is 11.6 Å². The summed E-state index contributed by atoms with van der Waals surface area (Å²) in [5, 5.41) is 4.41. The van der Waals surface area contributed by atoms with Crippen LogP contribution in [0.15, 0.2) is 18.2 Å². The summed E-state index contributed by atoms with van der Waals surface area (Å²) in [6.07, 6.45) is 3.85. The van der Waals surface area contributed by atoms with Crippen LogP contribution in [-0.2, 0) is 0 Å². The fourth-order valence-electron chi connectivity index (χ4n) is 1.91. The van der Waals surface area contributed by atoms with Crippen LogP contribution in [0.3, 0.4) is 0 Å². The number of hydrogen-bond donors (Lipinski definition) is 1. The van der Waals surface area contributed by atoms with E-state index in [4.69, 9.17) is 11.6 Å². The normalized spacial score (nSPS) is 22.3. The average Bonchev–Trinajstić information content (AvgIpc) is 2.23. The monoisotopic (exact) mass is 321 g/mol. The molecular formula is C11H13ClIN. The molecule has 0 saturated carbocycles. The van der Waals surface area contributed by atoms with Gasteiger partial charge in [0.1, 0.15) is 0 Å². The van der Waals surface area contributed by atoms with E-state index in [0.29, 0.717) is 6.04 Å². The minimum Gasteiger partial charge on any atom is -0.310 e. The number of rotatable bonds is 1. The molecule has 3 heteroatoms. The fourth-order valence-corrected chi connectivity index (χ4v) is 2.82. The Kier molecular flexibility index (Phi) is 3.68. The second-order valence-corrected chi connectivity index (χ2v) is 5.13. The molecule has 1 aliphatic heterocycles. The summed E-state index contributed by atoms with van der Waals surface area (Å²) in [6.45, 7) is 1.13. The molecule has 1 heterocycles. The number of nitrogens with one attached hydrogen (secondary N) is 1. The van der Waals surface area contributed by atoms with Crippen molar-refractivity contribution in [2.75, 3.05) is 6.54 Å². The Bertz CT molecular complexity index is 321. The van der Waals surface area contributed by atoms with Crippen LogP contribution in [0.2, 0.25) is 5.02 Å². The van der Waals surface area contributed by atoms with E-state index in [-0.39, 0.29) is 0 Å². The molecule has 1 fully saturated rings. The second-order valence-electron chi connectivity index (χ2n) is 3.65. The Balaban J connectivity index is 2.26. The molecule has 76 valence electrons. The molecule has 2 rings (SSSR count). The second kappa shape index (κ2) is 4.81. The van der Waals surface area contributed by atoms with Crippen molar-refractivity contribution in [2.45, 2.75) is 25.3 Å².